The van der Waals surface area contributed by atoms with E-state index in [9.17, 15) is 14.9 Å². The molecule has 0 aliphatic carbocycles. The van der Waals surface area contributed by atoms with Gasteiger partial charge in [-0.05, 0) is 19.9 Å². The number of ketones is 1. The molecular weight excluding hydrogens is 346 g/mol. The highest BCUT2D eigenvalue weighted by molar-refractivity contribution is 9.10. The highest BCUT2D eigenvalue weighted by Crippen LogP contribution is 2.35. The number of hydrogen-bond acceptors (Lipinski definition) is 7. The molecule has 0 spiro atoms. The lowest BCUT2D eigenvalue weighted by molar-refractivity contribution is -0.386. The van der Waals surface area contributed by atoms with Crippen LogP contribution in [0.4, 0.5) is 5.69 Å². The van der Waals surface area contributed by atoms with Gasteiger partial charge in [0.1, 0.15) is 0 Å². The predicted octanol–water partition coefficient (Wildman–Crippen LogP) is 2.83. The van der Waals surface area contributed by atoms with Crippen molar-refractivity contribution >= 4 is 27.4 Å². The first kappa shape index (κ1) is 15.1. The minimum absolute atomic E-state index is 0.104. The number of ether oxygens (including phenoxy) is 1. The number of aromatic nitrogens is 2. The third-order valence-electron chi connectivity index (χ3n) is 2.52. The summed E-state index contributed by atoms with van der Waals surface area (Å²) in [6, 6.07) is 2.73. The largest absolute Gasteiger partial charge is 0.476 e. The van der Waals surface area contributed by atoms with Gasteiger partial charge in [0.2, 0.25) is 5.75 Å². The number of hydrogen-bond donors (Lipinski definition) is 0. The Bertz CT molecular complexity index is 678. The Balaban J connectivity index is 2.39. The van der Waals surface area contributed by atoms with E-state index in [1.165, 1.54) is 19.1 Å². The van der Waals surface area contributed by atoms with Gasteiger partial charge in [-0.3, -0.25) is 14.9 Å². The minimum Gasteiger partial charge on any atom is -0.476 e. The number of nitro benzene ring substituents is 1. The number of rotatable bonds is 5. The molecule has 1 heterocycles. The van der Waals surface area contributed by atoms with Crippen molar-refractivity contribution in [1.29, 1.82) is 0 Å². The summed E-state index contributed by atoms with van der Waals surface area (Å²) in [6.07, 6.45) is 0. The van der Waals surface area contributed by atoms with Gasteiger partial charge in [-0.25, -0.2) is 0 Å². The summed E-state index contributed by atoms with van der Waals surface area (Å²) < 4.78 is 10.6. The molecule has 0 bridgehead atoms. The molecule has 0 atom stereocenters. The Hall–Kier alpha value is -2.29. The maximum absolute atomic E-state index is 11.6. The molecule has 9 heteroatoms. The van der Waals surface area contributed by atoms with Gasteiger partial charge in [0.15, 0.2) is 18.2 Å². The first-order valence-corrected chi connectivity index (χ1v) is 6.58. The summed E-state index contributed by atoms with van der Waals surface area (Å²) in [7, 11) is 0. The van der Waals surface area contributed by atoms with Crippen molar-refractivity contribution in [2.24, 2.45) is 0 Å². The molecule has 0 saturated carbocycles. The zero-order valence-electron chi connectivity index (χ0n) is 11.1. The van der Waals surface area contributed by atoms with Crippen molar-refractivity contribution in [1.82, 2.24) is 10.1 Å². The molecule has 21 heavy (non-hydrogen) atoms. The van der Waals surface area contributed by atoms with Crippen LogP contribution in [0, 0.1) is 17.0 Å². The number of nitro groups is 1. The van der Waals surface area contributed by atoms with E-state index in [1.54, 1.807) is 6.92 Å². The Kier molecular flexibility index (Phi) is 4.32. The highest BCUT2D eigenvalue weighted by Gasteiger charge is 2.24. The molecule has 1 aromatic heterocycles. The fraction of sp³-hybridized carbons (Fsp3) is 0.250. The summed E-state index contributed by atoms with van der Waals surface area (Å²) in [5, 5.41) is 14.7. The van der Waals surface area contributed by atoms with Crippen molar-refractivity contribution in [2.75, 3.05) is 0 Å². The lowest BCUT2D eigenvalue weighted by atomic mass is 10.1. The van der Waals surface area contributed by atoms with Crippen molar-refractivity contribution in [3.8, 4) is 5.75 Å². The molecule has 0 aliphatic rings. The molecule has 0 fully saturated rings. The van der Waals surface area contributed by atoms with Gasteiger partial charge < -0.3 is 9.26 Å². The third kappa shape index (κ3) is 3.43. The predicted molar refractivity (Wildman–Crippen MR) is 74.2 cm³/mol. The third-order valence-corrected chi connectivity index (χ3v) is 2.98. The Morgan fingerprint density at radius 2 is 2.24 bits per heavy atom. The second-order valence-corrected chi connectivity index (χ2v) is 5.05. The van der Waals surface area contributed by atoms with Crippen LogP contribution in [0.3, 0.4) is 0 Å². The number of halogens is 1. The number of Topliss-reactive ketones (excluding diaryl/α,β-unsaturated/α-hetero) is 1. The van der Waals surface area contributed by atoms with Crippen molar-refractivity contribution < 1.29 is 19.0 Å². The Morgan fingerprint density at radius 3 is 2.76 bits per heavy atom. The van der Waals surface area contributed by atoms with Crippen LogP contribution < -0.4 is 4.74 Å². The standard InChI is InChI=1S/C12H10BrN3O5/c1-6(17)9-3-8(13)4-10(16(18)19)12(9)20-5-11-14-7(2)15-21-11/h3-4H,5H2,1-2H3. The average Bonchev–Trinajstić information content (AvgIpc) is 2.81. The fourth-order valence-corrected chi connectivity index (χ4v) is 2.11. The van der Waals surface area contributed by atoms with Crippen LogP contribution in [0.5, 0.6) is 5.75 Å². The molecule has 0 N–H and O–H groups in total. The Labute approximate surface area is 127 Å². The van der Waals surface area contributed by atoms with E-state index in [-0.39, 0.29) is 35.3 Å². The van der Waals surface area contributed by atoms with Crippen molar-refractivity contribution in [3.05, 3.63) is 44.0 Å². The first-order valence-electron chi connectivity index (χ1n) is 5.79. The second kappa shape index (κ2) is 6.00. The zero-order chi connectivity index (χ0) is 15.6. The van der Waals surface area contributed by atoms with E-state index in [0.29, 0.717) is 10.3 Å². The van der Waals surface area contributed by atoms with Crippen LogP contribution in [0.25, 0.3) is 0 Å². The lowest BCUT2D eigenvalue weighted by Crippen LogP contribution is -2.05. The summed E-state index contributed by atoms with van der Waals surface area (Å²) >= 11 is 3.13. The van der Waals surface area contributed by atoms with Crippen LogP contribution in [0.2, 0.25) is 0 Å². The van der Waals surface area contributed by atoms with Crippen LogP contribution in [0.15, 0.2) is 21.1 Å². The molecule has 0 amide bonds. The van der Waals surface area contributed by atoms with Gasteiger partial charge in [-0.15, -0.1) is 0 Å². The summed E-state index contributed by atoms with van der Waals surface area (Å²) in [5.74, 6) is 0.118. The lowest BCUT2D eigenvalue weighted by Gasteiger charge is -2.09. The van der Waals surface area contributed by atoms with E-state index < -0.39 is 4.92 Å². The first-order chi connectivity index (χ1) is 9.88. The van der Waals surface area contributed by atoms with Gasteiger partial charge in [-0.2, -0.15) is 4.98 Å². The van der Waals surface area contributed by atoms with Crippen LogP contribution in [-0.4, -0.2) is 20.8 Å². The zero-order valence-corrected chi connectivity index (χ0v) is 12.7. The van der Waals surface area contributed by atoms with Crippen molar-refractivity contribution in [3.63, 3.8) is 0 Å². The molecular formula is C12H10BrN3O5. The molecule has 2 aromatic rings. The van der Waals surface area contributed by atoms with E-state index in [0.717, 1.165) is 0 Å². The molecule has 1 aromatic carbocycles. The molecule has 0 radical (unpaired) electrons. The van der Waals surface area contributed by atoms with E-state index in [1.807, 2.05) is 0 Å². The summed E-state index contributed by atoms with van der Waals surface area (Å²) in [4.78, 5) is 26.0. The number of nitrogens with zero attached hydrogens (tertiary/aromatic N) is 3. The Morgan fingerprint density at radius 1 is 1.52 bits per heavy atom. The molecule has 110 valence electrons. The normalized spacial score (nSPS) is 10.4. The smallest absolute Gasteiger partial charge is 0.312 e. The van der Waals surface area contributed by atoms with Gasteiger partial charge in [-0.1, -0.05) is 21.1 Å². The number of carbonyl (C=O) groups is 1. The summed E-state index contributed by atoms with van der Waals surface area (Å²) in [5.41, 5.74) is -0.210. The van der Waals surface area contributed by atoms with Gasteiger partial charge in [0, 0.05) is 10.5 Å². The van der Waals surface area contributed by atoms with E-state index in [2.05, 4.69) is 26.1 Å². The molecule has 0 unspecified atom stereocenters. The monoisotopic (exact) mass is 355 g/mol. The van der Waals surface area contributed by atoms with Crippen LogP contribution in [0.1, 0.15) is 29.0 Å². The van der Waals surface area contributed by atoms with Crippen LogP contribution >= 0.6 is 15.9 Å². The van der Waals surface area contributed by atoms with Crippen molar-refractivity contribution in [2.45, 2.75) is 20.5 Å². The number of carbonyl (C=O) groups excluding carboxylic acids is 1. The minimum atomic E-state index is -0.619. The SMILES string of the molecule is CC(=O)c1cc(Br)cc([N+](=O)[O-])c1OCc1nc(C)no1. The van der Waals surface area contributed by atoms with E-state index >= 15 is 0 Å². The maximum atomic E-state index is 11.6. The van der Waals surface area contributed by atoms with Crippen LogP contribution in [-0.2, 0) is 6.61 Å². The number of benzene rings is 1. The van der Waals surface area contributed by atoms with Gasteiger partial charge in [0.05, 0.1) is 10.5 Å². The average molecular weight is 356 g/mol. The maximum Gasteiger partial charge on any atom is 0.312 e. The van der Waals surface area contributed by atoms with Gasteiger partial charge in [0.25, 0.3) is 5.89 Å². The number of aryl methyl sites for hydroxylation is 1. The van der Waals surface area contributed by atoms with Gasteiger partial charge >= 0.3 is 5.69 Å². The summed E-state index contributed by atoms with van der Waals surface area (Å²) in [6.45, 7) is 2.77. The molecule has 0 aliphatic heterocycles. The quantitative estimate of drug-likeness (QED) is 0.460. The molecule has 2 rings (SSSR count). The fourth-order valence-electron chi connectivity index (χ4n) is 1.66. The second-order valence-electron chi connectivity index (χ2n) is 4.14. The topological polar surface area (TPSA) is 108 Å². The molecule has 0 saturated heterocycles. The highest BCUT2D eigenvalue weighted by atomic mass is 79.9. The molecule has 8 nitrogen and oxygen atoms in total. The van der Waals surface area contributed by atoms with E-state index in [4.69, 9.17) is 9.26 Å².